The molecule has 0 heterocycles. The summed E-state index contributed by atoms with van der Waals surface area (Å²) in [5.74, 6) is 1.08. The fraction of sp³-hybridized carbons (Fsp3) is 1.00. The van der Waals surface area contributed by atoms with E-state index in [1.54, 1.807) is 0 Å². The normalized spacial score (nSPS) is 20.3. The second-order valence-electron chi connectivity index (χ2n) is 5.77. The first kappa shape index (κ1) is 11.0. The maximum absolute atomic E-state index is 3.44. The van der Waals surface area contributed by atoms with Gasteiger partial charge in [-0.15, -0.1) is 0 Å². The Hall–Kier alpha value is -0.0400. The fourth-order valence-corrected chi connectivity index (χ4v) is 1.93. The quantitative estimate of drug-likeness (QED) is 0.690. The molecule has 0 aromatic rings. The van der Waals surface area contributed by atoms with Crippen LogP contribution >= 0.6 is 0 Å². The summed E-state index contributed by atoms with van der Waals surface area (Å²) in [7, 11) is 2.10. The summed E-state index contributed by atoms with van der Waals surface area (Å²) in [5.41, 5.74) is 0.469. The zero-order chi connectivity index (χ0) is 9.90. The molecule has 1 aliphatic carbocycles. The van der Waals surface area contributed by atoms with Gasteiger partial charge in [-0.1, -0.05) is 33.6 Å². The van der Waals surface area contributed by atoms with E-state index in [0.29, 0.717) is 5.41 Å². The van der Waals surface area contributed by atoms with Gasteiger partial charge in [-0.2, -0.15) is 0 Å². The van der Waals surface area contributed by atoms with Crippen LogP contribution < -0.4 is 5.32 Å². The Kier molecular flexibility index (Phi) is 3.78. The van der Waals surface area contributed by atoms with E-state index in [-0.39, 0.29) is 0 Å². The van der Waals surface area contributed by atoms with Crippen LogP contribution in [-0.4, -0.2) is 13.1 Å². The third kappa shape index (κ3) is 5.30. The first-order valence-electron chi connectivity index (χ1n) is 5.68. The van der Waals surface area contributed by atoms with Crippen LogP contribution in [-0.2, 0) is 0 Å². The monoisotopic (exact) mass is 183 g/mol. The van der Waals surface area contributed by atoms with Crippen LogP contribution in [0.1, 0.15) is 52.9 Å². The van der Waals surface area contributed by atoms with Crippen molar-refractivity contribution in [2.75, 3.05) is 7.05 Å². The molecule has 1 nitrogen and oxygen atoms in total. The van der Waals surface area contributed by atoms with Crippen molar-refractivity contribution in [1.29, 1.82) is 0 Å². The Morgan fingerprint density at radius 3 is 2.31 bits per heavy atom. The molecule has 1 heteroatoms. The molecular formula is C12H25N. The highest BCUT2D eigenvalue weighted by Crippen LogP contribution is 2.35. The van der Waals surface area contributed by atoms with Crippen molar-refractivity contribution in [2.45, 2.75) is 58.9 Å². The fourth-order valence-electron chi connectivity index (χ4n) is 1.93. The largest absolute Gasteiger partial charge is 0.317 e. The summed E-state index contributed by atoms with van der Waals surface area (Å²) in [6.07, 6.45) is 7.11. The highest BCUT2D eigenvalue weighted by molar-refractivity contribution is 4.78. The van der Waals surface area contributed by atoms with Crippen molar-refractivity contribution in [3.05, 3.63) is 0 Å². The highest BCUT2D eigenvalue weighted by atomic mass is 14.9. The molecule has 0 aromatic carbocycles. The molecule has 1 unspecified atom stereocenters. The maximum atomic E-state index is 3.44. The standard InChI is InChI=1S/C12H25N/c1-12(2,3)9-11(13-4)8-7-10-5-6-10/h10-11,13H,5-9H2,1-4H3. The topological polar surface area (TPSA) is 12.0 Å². The van der Waals surface area contributed by atoms with Gasteiger partial charge in [0.05, 0.1) is 0 Å². The van der Waals surface area contributed by atoms with E-state index in [1.165, 1.54) is 32.1 Å². The predicted molar refractivity (Wildman–Crippen MR) is 58.9 cm³/mol. The predicted octanol–water partition coefficient (Wildman–Crippen LogP) is 3.20. The van der Waals surface area contributed by atoms with Gasteiger partial charge in [-0.25, -0.2) is 0 Å². The highest BCUT2D eigenvalue weighted by Gasteiger charge is 2.23. The van der Waals surface area contributed by atoms with Crippen molar-refractivity contribution in [2.24, 2.45) is 11.3 Å². The summed E-state index contributed by atoms with van der Waals surface area (Å²) in [6.45, 7) is 6.98. The van der Waals surface area contributed by atoms with E-state index in [1.807, 2.05) is 0 Å². The molecule has 78 valence electrons. The van der Waals surface area contributed by atoms with E-state index >= 15 is 0 Å². The van der Waals surface area contributed by atoms with Gasteiger partial charge in [0.1, 0.15) is 0 Å². The van der Waals surface area contributed by atoms with Crippen LogP contribution in [0.4, 0.5) is 0 Å². The minimum absolute atomic E-state index is 0.469. The van der Waals surface area contributed by atoms with Gasteiger partial charge >= 0.3 is 0 Å². The first-order chi connectivity index (χ1) is 6.01. The second-order valence-corrected chi connectivity index (χ2v) is 5.77. The molecule has 0 spiro atoms. The Balaban J connectivity index is 2.16. The molecule has 1 fully saturated rings. The van der Waals surface area contributed by atoms with Gasteiger partial charge in [0, 0.05) is 6.04 Å². The minimum Gasteiger partial charge on any atom is -0.317 e. The van der Waals surface area contributed by atoms with E-state index in [0.717, 1.165) is 12.0 Å². The SMILES string of the molecule is CNC(CCC1CC1)CC(C)(C)C. The van der Waals surface area contributed by atoms with Crippen molar-refractivity contribution < 1.29 is 0 Å². The van der Waals surface area contributed by atoms with Gasteiger partial charge in [0.25, 0.3) is 0 Å². The molecule has 1 saturated carbocycles. The van der Waals surface area contributed by atoms with Crippen LogP contribution in [0.3, 0.4) is 0 Å². The molecule has 0 bridgehead atoms. The summed E-state index contributed by atoms with van der Waals surface area (Å²) >= 11 is 0. The Labute approximate surface area is 83.3 Å². The molecule has 1 aliphatic rings. The molecular weight excluding hydrogens is 158 g/mol. The van der Waals surface area contributed by atoms with Gasteiger partial charge in [0.15, 0.2) is 0 Å². The molecule has 0 amide bonds. The molecule has 1 rings (SSSR count). The van der Waals surface area contributed by atoms with Crippen molar-refractivity contribution in [3.63, 3.8) is 0 Å². The first-order valence-corrected chi connectivity index (χ1v) is 5.68. The Morgan fingerprint density at radius 1 is 1.31 bits per heavy atom. The Morgan fingerprint density at radius 2 is 1.92 bits per heavy atom. The van der Waals surface area contributed by atoms with E-state index in [9.17, 15) is 0 Å². The molecule has 0 saturated heterocycles. The molecule has 1 N–H and O–H groups in total. The molecule has 0 aromatic heterocycles. The second kappa shape index (κ2) is 4.45. The third-order valence-electron chi connectivity index (χ3n) is 2.89. The molecule has 13 heavy (non-hydrogen) atoms. The van der Waals surface area contributed by atoms with E-state index in [4.69, 9.17) is 0 Å². The number of hydrogen-bond donors (Lipinski definition) is 1. The Bertz CT molecular complexity index is 142. The minimum atomic E-state index is 0.469. The maximum Gasteiger partial charge on any atom is 0.00691 e. The van der Waals surface area contributed by atoms with Gasteiger partial charge < -0.3 is 5.32 Å². The zero-order valence-corrected chi connectivity index (χ0v) is 9.69. The van der Waals surface area contributed by atoms with Crippen molar-refractivity contribution in [1.82, 2.24) is 5.32 Å². The third-order valence-corrected chi connectivity index (χ3v) is 2.89. The summed E-state index contributed by atoms with van der Waals surface area (Å²) in [4.78, 5) is 0. The van der Waals surface area contributed by atoms with Crippen LogP contribution in [0.15, 0.2) is 0 Å². The number of rotatable bonds is 5. The lowest BCUT2D eigenvalue weighted by atomic mass is 9.86. The van der Waals surface area contributed by atoms with Crippen LogP contribution in [0.25, 0.3) is 0 Å². The zero-order valence-electron chi connectivity index (χ0n) is 9.69. The van der Waals surface area contributed by atoms with Crippen LogP contribution in [0.2, 0.25) is 0 Å². The summed E-state index contributed by atoms with van der Waals surface area (Å²) in [5, 5.41) is 3.44. The smallest absolute Gasteiger partial charge is 0.00691 e. The van der Waals surface area contributed by atoms with Gasteiger partial charge in [-0.3, -0.25) is 0 Å². The average Bonchev–Trinajstić information content (AvgIpc) is 2.78. The lowest BCUT2D eigenvalue weighted by Crippen LogP contribution is -2.30. The van der Waals surface area contributed by atoms with Gasteiger partial charge in [-0.05, 0) is 37.6 Å². The molecule has 1 atom stereocenters. The van der Waals surface area contributed by atoms with Crippen molar-refractivity contribution in [3.8, 4) is 0 Å². The van der Waals surface area contributed by atoms with Crippen LogP contribution in [0, 0.1) is 11.3 Å². The van der Waals surface area contributed by atoms with Crippen LogP contribution in [0.5, 0.6) is 0 Å². The van der Waals surface area contributed by atoms with E-state index < -0.39 is 0 Å². The van der Waals surface area contributed by atoms with Gasteiger partial charge in [0.2, 0.25) is 0 Å². The van der Waals surface area contributed by atoms with Crippen molar-refractivity contribution >= 4 is 0 Å². The molecule has 0 radical (unpaired) electrons. The average molecular weight is 183 g/mol. The number of nitrogens with one attached hydrogen (secondary N) is 1. The summed E-state index contributed by atoms with van der Waals surface area (Å²) < 4.78 is 0. The lowest BCUT2D eigenvalue weighted by Gasteiger charge is -2.25. The lowest BCUT2D eigenvalue weighted by molar-refractivity contribution is 0.302. The number of hydrogen-bond acceptors (Lipinski definition) is 1. The molecule has 0 aliphatic heterocycles. The van der Waals surface area contributed by atoms with E-state index in [2.05, 4.69) is 33.1 Å². The summed E-state index contributed by atoms with van der Waals surface area (Å²) in [6, 6.07) is 0.737.